The van der Waals surface area contributed by atoms with Gasteiger partial charge in [-0.2, -0.15) is 0 Å². The summed E-state index contributed by atoms with van der Waals surface area (Å²) in [5.41, 5.74) is 2.33. The van der Waals surface area contributed by atoms with E-state index in [4.69, 9.17) is 4.74 Å². The number of ether oxygens (including phenoxy) is 1. The molecule has 0 saturated carbocycles. The summed E-state index contributed by atoms with van der Waals surface area (Å²) in [5, 5.41) is 4.78. The summed E-state index contributed by atoms with van der Waals surface area (Å²) in [5.74, 6) is 0.966. The molecule has 0 aliphatic carbocycles. The van der Waals surface area contributed by atoms with Crippen LogP contribution in [0, 0.1) is 0 Å². The molecule has 2 aromatic carbocycles. The van der Waals surface area contributed by atoms with Gasteiger partial charge in [-0.25, -0.2) is 10.0 Å². The van der Waals surface area contributed by atoms with E-state index in [0.717, 1.165) is 30.9 Å². The maximum absolute atomic E-state index is 6.03. The molecule has 1 aliphatic heterocycles. The lowest BCUT2D eigenvalue weighted by molar-refractivity contribution is 0.0533. The fourth-order valence-electron chi connectivity index (χ4n) is 3.16. The third-order valence-corrected chi connectivity index (χ3v) is 4.62. The first kappa shape index (κ1) is 17.7. The van der Waals surface area contributed by atoms with E-state index in [1.165, 1.54) is 31.5 Å². The maximum Gasteiger partial charge on any atom is 0.126 e. The molecule has 3 heteroatoms. The van der Waals surface area contributed by atoms with Crippen molar-refractivity contribution in [2.24, 2.45) is 0 Å². The second-order valence-corrected chi connectivity index (χ2v) is 6.53. The van der Waals surface area contributed by atoms with Crippen molar-refractivity contribution in [3.05, 3.63) is 65.7 Å². The Hall–Kier alpha value is -2.10. The smallest absolute Gasteiger partial charge is 0.126 e. The predicted octanol–water partition coefficient (Wildman–Crippen LogP) is 4.57. The Morgan fingerprint density at radius 1 is 0.920 bits per heavy atom. The summed E-state index contributed by atoms with van der Waals surface area (Å²) < 4.78 is 6.03. The zero-order chi connectivity index (χ0) is 17.3. The van der Waals surface area contributed by atoms with Gasteiger partial charge in [0.2, 0.25) is 0 Å². The van der Waals surface area contributed by atoms with Gasteiger partial charge in [0.25, 0.3) is 0 Å². The Labute approximate surface area is 151 Å². The number of hydrogen-bond donors (Lipinski definition) is 0. The van der Waals surface area contributed by atoms with Crippen LogP contribution >= 0.6 is 0 Å². The highest BCUT2D eigenvalue weighted by Crippen LogP contribution is 2.21. The van der Waals surface area contributed by atoms with Gasteiger partial charge in [0, 0.05) is 32.2 Å². The number of rotatable bonds is 8. The lowest BCUT2D eigenvalue weighted by Gasteiger charge is -2.23. The van der Waals surface area contributed by atoms with E-state index < -0.39 is 0 Å². The van der Waals surface area contributed by atoms with Crippen LogP contribution in [-0.4, -0.2) is 43.3 Å². The number of unbranched alkanes of at least 4 members (excludes halogenated alkanes) is 1. The summed E-state index contributed by atoms with van der Waals surface area (Å²) in [6.45, 7) is 4.30. The molecule has 0 amide bonds. The molecule has 3 rings (SSSR count). The van der Waals surface area contributed by atoms with Crippen molar-refractivity contribution < 1.29 is 4.74 Å². The molecule has 1 fully saturated rings. The normalized spacial score (nSPS) is 15.9. The highest BCUT2D eigenvalue weighted by Gasteiger charge is 2.16. The molecule has 0 atom stereocenters. The molecule has 0 bridgehead atoms. The van der Waals surface area contributed by atoms with Crippen molar-refractivity contribution in [3.8, 4) is 5.75 Å². The van der Waals surface area contributed by atoms with Crippen LogP contribution < -0.4 is 4.74 Å². The SMILES string of the molecule is CN1CCCN1CCCCOc1ccccc1C=Cc1ccccc1. The van der Waals surface area contributed by atoms with Gasteiger partial charge in [-0.05, 0) is 30.9 Å². The van der Waals surface area contributed by atoms with Crippen LogP contribution in [0.1, 0.15) is 30.4 Å². The van der Waals surface area contributed by atoms with Crippen molar-refractivity contribution in [1.29, 1.82) is 0 Å². The Morgan fingerprint density at radius 2 is 1.72 bits per heavy atom. The predicted molar refractivity (Wildman–Crippen MR) is 105 cm³/mol. The van der Waals surface area contributed by atoms with E-state index in [1.54, 1.807) is 0 Å². The quantitative estimate of drug-likeness (QED) is 0.519. The average Bonchev–Trinajstić information content (AvgIpc) is 3.06. The number of para-hydroxylation sites is 1. The van der Waals surface area contributed by atoms with Crippen LogP contribution in [-0.2, 0) is 0 Å². The molecular weight excluding hydrogens is 308 g/mol. The first-order chi connectivity index (χ1) is 12.3. The highest BCUT2D eigenvalue weighted by atomic mass is 16.5. The number of nitrogens with zero attached hydrogens (tertiary/aromatic N) is 2. The standard InChI is InChI=1S/C22H28N2O/c1-23-16-9-18-24(23)17-7-8-19-25-22-13-6-5-12-21(22)15-14-20-10-3-2-4-11-20/h2-6,10-15H,7-9,16-19H2,1H3. The van der Waals surface area contributed by atoms with Crippen molar-refractivity contribution in [3.63, 3.8) is 0 Å². The Bertz CT molecular complexity index is 669. The monoisotopic (exact) mass is 336 g/mol. The molecule has 1 heterocycles. The summed E-state index contributed by atoms with van der Waals surface area (Å²) in [6, 6.07) is 18.6. The van der Waals surface area contributed by atoms with Crippen molar-refractivity contribution in [2.75, 3.05) is 33.3 Å². The Balaban J connectivity index is 1.47. The molecule has 0 unspecified atom stereocenters. The molecule has 0 radical (unpaired) electrons. The third-order valence-electron chi connectivity index (χ3n) is 4.62. The largest absolute Gasteiger partial charge is 0.493 e. The van der Waals surface area contributed by atoms with E-state index in [1.807, 2.05) is 12.1 Å². The zero-order valence-electron chi connectivity index (χ0n) is 15.1. The van der Waals surface area contributed by atoms with Crippen LogP contribution in [0.3, 0.4) is 0 Å². The molecule has 132 valence electrons. The second kappa shape index (κ2) is 9.40. The van der Waals surface area contributed by atoms with Gasteiger partial charge < -0.3 is 4.74 Å². The highest BCUT2D eigenvalue weighted by molar-refractivity contribution is 5.72. The fraction of sp³-hybridized carbons (Fsp3) is 0.364. The number of benzene rings is 2. The van der Waals surface area contributed by atoms with Crippen molar-refractivity contribution in [1.82, 2.24) is 10.0 Å². The van der Waals surface area contributed by atoms with Gasteiger partial charge in [0.05, 0.1) is 6.61 Å². The first-order valence-corrected chi connectivity index (χ1v) is 9.24. The zero-order valence-corrected chi connectivity index (χ0v) is 15.1. The van der Waals surface area contributed by atoms with Crippen LogP contribution in [0.2, 0.25) is 0 Å². The lowest BCUT2D eigenvalue weighted by atomic mass is 10.1. The number of hydrogen-bond acceptors (Lipinski definition) is 3. The molecule has 2 aromatic rings. The van der Waals surface area contributed by atoms with Gasteiger partial charge >= 0.3 is 0 Å². The summed E-state index contributed by atoms with van der Waals surface area (Å²) in [7, 11) is 2.18. The van der Waals surface area contributed by atoms with Crippen LogP contribution in [0.4, 0.5) is 0 Å². The second-order valence-electron chi connectivity index (χ2n) is 6.53. The van der Waals surface area contributed by atoms with Crippen LogP contribution in [0.5, 0.6) is 5.75 Å². The van der Waals surface area contributed by atoms with Crippen LogP contribution in [0.25, 0.3) is 12.2 Å². The first-order valence-electron chi connectivity index (χ1n) is 9.24. The lowest BCUT2D eigenvalue weighted by Crippen LogP contribution is -2.33. The summed E-state index contributed by atoms with van der Waals surface area (Å²) in [4.78, 5) is 0. The average molecular weight is 336 g/mol. The third kappa shape index (κ3) is 5.45. The fourth-order valence-corrected chi connectivity index (χ4v) is 3.16. The van der Waals surface area contributed by atoms with Gasteiger partial charge in [0.15, 0.2) is 0 Å². The molecule has 0 N–H and O–H groups in total. The van der Waals surface area contributed by atoms with E-state index in [9.17, 15) is 0 Å². The Kier molecular flexibility index (Phi) is 6.66. The van der Waals surface area contributed by atoms with E-state index >= 15 is 0 Å². The topological polar surface area (TPSA) is 15.7 Å². The minimum atomic E-state index is 0.772. The summed E-state index contributed by atoms with van der Waals surface area (Å²) >= 11 is 0. The minimum Gasteiger partial charge on any atom is -0.493 e. The van der Waals surface area contributed by atoms with Crippen molar-refractivity contribution in [2.45, 2.75) is 19.3 Å². The van der Waals surface area contributed by atoms with Crippen LogP contribution in [0.15, 0.2) is 54.6 Å². The van der Waals surface area contributed by atoms with Gasteiger partial charge in [-0.3, -0.25) is 0 Å². The maximum atomic E-state index is 6.03. The molecule has 25 heavy (non-hydrogen) atoms. The molecule has 0 spiro atoms. The minimum absolute atomic E-state index is 0.772. The van der Waals surface area contributed by atoms with Gasteiger partial charge in [-0.15, -0.1) is 0 Å². The Morgan fingerprint density at radius 3 is 2.52 bits per heavy atom. The van der Waals surface area contributed by atoms with Gasteiger partial charge in [-0.1, -0.05) is 60.7 Å². The van der Waals surface area contributed by atoms with E-state index in [0.29, 0.717) is 0 Å². The van der Waals surface area contributed by atoms with E-state index in [2.05, 4.69) is 71.7 Å². The molecule has 1 saturated heterocycles. The van der Waals surface area contributed by atoms with E-state index in [-0.39, 0.29) is 0 Å². The number of hydrazine groups is 1. The molecule has 3 nitrogen and oxygen atoms in total. The summed E-state index contributed by atoms with van der Waals surface area (Å²) in [6.07, 6.45) is 7.80. The van der Waals surface area contributed by atoms with Gasteiger partial charge in [0.1, 0.15) is 5.75 Å². The van der Waals surface area contributed by atoms with Crippen molar-refractivity contribution >= 4 is 12.2 Å². The molecule has 1 aliphatic rings. The molecular formula is C22H28N2O. The molecule has 0 aromatic heterocycles.